The number of phenols is 1. The zero-order valence-electron chi connectivity index (χ0n) is 7.80. The molecule has 1 aromatic rings. The normalized spacial score (nSPS) is 27.7. The molecule has 0 aliphatic heterocycles. The predicted octanol–water partition coefficient (Wildman–Crippen LogP) is 2.28. The summed E-state index contributed by atoms with van der Waals surface area (Å²) in [5.74, 6) is -2.83. The Kier molecular flexibility index (Phi) is 2.17. The second-order valence-corrected chi connectivity index (χ2v) is 4.24. The van der Waals surface area contributed by atoms with Crippen LogP contribution < -0.4 is 5.73 Å². The van der Waals surface area contributed by atoms with Crippen molar-refractivity contribution < 1.29 is 13.9 Å². The van der Waals surface area contributed by atoms with Crippen molar-refractivity contribution in [3.8, 4) is 5.75 Å². The van der Waals surface area contributed by atoms with Crippen LogP contribution in [0.1, 0.15) is 12.0 Å². The molecule has 1 unspecified atom stereocenters. The Hall–Kier alpha value is -0.870. The molecule has 1 aliphatic carbocycles. The maximum atomic E-state index is 13.2. The molecule has 1 aliphatic rings. The van der Waals surface area contributed by atoms with Crippen molar-refractivity contribution in [2.45, 2.75) is 17.8 Å². The van der Waals surface area contributed by atoms with Gasteiger partial charge in [-0.3, -0.25) is 0 Å². The van der Waals surface area contributed by atoms with Gasteiger partial charge in [-0.15, -0.1) is 0 Å². The van der Waals surface area contributed by atoms with Gasteiger partial charge in [-0.05, 0) is 17.7 Å². The molecule has 1 saturated carbocycles. The lowest BCUT2D eigenvalue weighted by atomic mass is 9.95. The van der Waals surface area contributed by atoms with Crippen molar-refractivity contribution in [3.63, 3.8) is 0 Å². The summed E-state index contributed by atoms with van der Waals surface area (Å²) in [6, 6.07) is 4.00. The molecule has 0 heterocycles. The van der Waals surface area contributed by atoms with Crippen molar-refractivity contribution in [2.24, 2.45) is 5.73 Å². The van der Waals surface area contributed by atoms with Crippen LogP contribution in [-0.4, -0.2) is 17.6 Å². The molecule has 2 rings (SSSR count). The van der Waals surface area contributed by atoms with Crippen LogP contribution in [0.15, 0.2) is 18.2 Å². The molecule has 0 bridgehead atoms. The third-order valence-corrected chi connectivity index (χ3v) is 3.23. The predicted molar refractivity (Wildman–Crippen MR) is 53.4 cm³/mol. The zero-order chi connectivity index (χ0) is 11.3. The van der Waals surface area contributed by atoms with Crippen LogP contribution in [0.25, 0.3) is 0 Å². The highest BCUT2D eigenvalue weighted by molar-refractivity contribution is 6.31. The fourth-order valence-electron chi connectivity index (χ4n) is 1.85. The van der Waals surface area contributed by atoms with E-state index in [1.807, 2.05) is 0 Å². The summed E-state index contributed by atoms with van der Waals surface area (Å²) in [6.45, 7) is -0.148. The monoisotopic (exact) mass is 233 g/mol. The Bertz CT molecular complexity index is 410. The van der Waals surface area contributed by atoms with E-state index in [0.29, 0.717) is 5.56 Å². The number of hydrogen-bond donors (Lipinski definition) is 2. The smallest absolute Gasteiger partial charge is 0.260 e. The van der Waals surface area contributed by atoms with E-state index in [4.69, 9.17) is 22.4 Å². The molecule has 15 heavy (non-hydrogen) atoms. The molecule has 1 aromatic carbocycles. The molecule has 82 valence electrons. The van der Waals surface area contributed by atoms with Crippen LogP contribution in [0.3, 0.4) is 0 Å². The lowest BCUT2D eigenvalue weighted by molar-refractivity contribution is 0.0896. The van der Waals surface area contributed by atoms with Gasteiger partial charge in [-0.1, -0.05) is 17.7 Å². The van der Waals surface area contributed by atoms with Gasteiger partial charge < -0.3 is 10.8 Å². The largest absolute Gasteiger partial charge is 0.508 e. The second kappa shape index (κ2) is 3.06. The summed E-state index contributed by atoms with van der Waals surface area (Å²) in [4.78, 5) is 0. The first kappa shape index (κ1) is 10.6. The molecule has 5 heteroatoms. The van der Waals surface area contributed by atoms with E-state index in [1.54, 1.807) is 0 Å². The summed E-state index contributed by atoms with van der Waals surface area (Å²) in [5.41, 5.74) is 4.36. The molecule has 1 atom stereocenters. The minimum absolute atomic E-state index is 0.0418. The van der Waals surface area contributed by atoms with Gasteiger partial charge >= 0.3 is 0 Å². The minimum Gasteiger partial charge on any atom is -0.508 e. The molecule has 0 spiro atoms. The highest BCUT2D eigenvalue weighted by Crippen LogP contribution is 2.62. The van der Waals surface area contributed by atoms with E-state index in [-0.39, 0.29) is 23.7 Å². The molecule has 0 saturated heterocycles. The average molecular weight is 234 g/mol. The summed E-state index contributed by atoms with van der Waals surface area (Å²) in [7, 11) is 0. The minimum atomic E-state index is -2.79. The van der Waals surface area contributed by atoms with Crippen molar-refractivity contribution in [1.29, 1.82) is 0 Å². The quantitative estimate of drug-likeness (QED) is 0.823. The Labute approximate surface area is 90.7 Å². The van der Waals surface area contributed by atoms with Gasteiger partial charge in [0.2, 0.25) is 0 Å². The molecule has 0 radical (unpaired) electrons. The highest BCUT2D eigenvalue weighted by Gasteiger charge is 2.71. The summed E-state index contributed by atoms with van der Waals surface area (Å²) in [5, 5.41) is 9.26. The zero-order valence-corrected chi connectivity index (χ0v) is 8.56. The van der Waals surface area contributed by atoms with E-state index in [0.717, 1.165) is 0 Å². The van der Waals surface area contributed by atoms with Gasteiger partial charge in [0.25, 0.3) is 5.92 Å². The van der Waals surface area contributed by atoms with E-state index < -0.39 is 11.3 Å². The highest BCUT2D eigenvalue weighted by atomic mass is 35.5. The second-order valence-electron chi connectivity index (χ2n) is 3.83. The van der Waals surface area contributed by atoms with Crippen LogP contribution in [0.4, 0.5) is 8.78 Å². The molecule has 0 aromatic heterocycles. The first-order valence-corrected chi connectivity index (χ1v) is 4.88. The van der Waals surface area contributed by atoms with Gasteiger partial charge in [0.1, 0.15) is 5.75 Å². The van der Waals surface area contributed by atoms with Crippen LogP contribution >= 0.6 is 11.6 Å². The van der Waals surface area contributed by atoms with Crippen molar-refractivity contribution in [2.75, 3.05) is 6.54 Å². The summed E-state index contributed by atoms with van der Waals surface area (Å²) >= 11 is 5.81. The lowest BCUT2D eigenvalue weighted by Crippen LogP contribution is -2.27. The van der Waals surface area contributed by atoms with Gasteiger partial charge in [-0.2, -0.15) is 0 Å². The van der Waals surface area contributed by atoms with Crippen molar-refractivity contribution in [3.05, 3.63) is 28.8 Å². The molecular weight excluding hydrogens is 224 g/mol. The van der Waals surface area contributed by atoms with Crippen molar-refractivity contribution in [1.82, 2.24) is 0 Å². The van der Waals surface area contributed by atoms with Crippen LogP contribution in [-0.2, 0) is 5.41 Å². The van der Waals surface area contributed by atoms with Crippen molar-refractivity contribution >= 4 is 11.6 Å². The number of alkyl halides is 2. The number of hydrogen-bond acceptors (Lipinski definition) is 2. The Morgan fingerprint density at radius 1 is 1.47 bits per heavy atom. The van der Waals surface area contributed by atoms with Gasteiger partial charge in [-0.25, -0.2) is 8.78 Å². The van der Waals surface area contributed by atoms with Gasteiger partial charge in [0.05, 0.1) is 5.41 Å². The Morgan fingerprint density at radius 2 is 2.07 bits per heavy atom. The number of rotatable bonds is 2. The van der Waals surface area contributed by atoms with Crippen LogP contribution in [0.2, 0.25) is 5.02 Å². The molecule has 3 N–H and O–H groups in total. The number of aromatic hydroxyl groups is 1. The maximum absolute atomic E-state index is 13.2. The molecule has 2 nitrogen and oxygen atoms in total. The SMILES string of the molecule is NCC1(c2ccc(O)cc2Cl)CC1(F)F. The maximum Gasteiger partial charge on any atom is 0.260 e. The van der Waals surface area contributed by atoms with E-state index in [2.05, 4.69) is 0 Å². The Balaban J connectivity index is 2.46. The number of benzene rings is 1. The van der Waals surface area contributed by atoms with E-state index in [9.17, 15) is 8.78 Å². The average Bonchev–Trinajstić information content (AvgIpc) is 2.69. The van der Waals surface area contributed by atoms with Gasteiger partial charge in [0.15, 0.2) is 0 Å². The first-order chi connectivity index (χ1) is 6.93. The molecule has 0 amide bonds. The molecule has 1 fully saturated rings. The number of nitrogens with two attached hydrogens (primary N) is 1. The lowest BCUT2D eigenvalue weighted by Gasteiger charge is -2.16. The number of halogens is 3. The first-order valence-electron chi connectivity index (χ1n) is 4.50. The topological polar surface area (TPSA) is 46.2 Å². The third kappa shape index (κ3) is 1.40. The Morgan fingerprint density at radius 3 is 2.47 bits per heavy atom. The number of phenolic OH excluding ortho intramolecular Hbond substituents is 1. The van der Waals surface area contributed by atoms with Crippen LogP contribution in [0.5, 0.6) is 5.75 Å². The molecular formula is C10H10ClF2NO. The third-order valence-electron chi connectivity index (χ3n) is 2.92. The van der Waals surface area contributed by atoms with E-state index >= 15 is 0 Å². The van der Waals surface area contributed by atoms with Gasteiger partial charge in [0, 0.05) is 18.0 Å². The van der Waals surface area contributed by atoms with Crippen LogP contribution in [0, 0.1) is 0 Å². The summed E-state index contributed by atoms with van der Waals surface area (Å²) < 4.78 is 26.4. The fourth-order valence-corrected chi connectivity index (χ4v) is 2.21. The summed E-state index contributed by atoms with van der Waals surface area (Å²) in [6.07, 6.45) is -0.277. The van der Waals surface area contributed by atoms with E-state index in [1.165, 1.54) is 18.2 Å². The fraction of sp³-hybridized carbons (Fsp3) is 0.400. The standard InChI is InChI=1S/C10H10ClF2NO/c11-8-3-6(15)1-2-7(8)9(5-14)4-10(9,12)13/h1-3,15H,4-5,14H2.